The summed E-state index contributed by atoms with van der Waals surface area (Å²) in [4.78, 5) is 11.9. The third-order valence-electron chi connectivity index (χ3n) is 3.89. The van der Waals surface area contributed by atoms with Crippen molar-refractivity contribution in [2.45, 2.75) is 71.1 Å². The molecule has 0 aromatic rings. The summed E-state index contributed by atoms with van der Waals surface area (Å²) in [6, 6.07) is 0.209. The normalized spacial score (nSPS) is 27.6. The number of nitrogens with two attached hydrogens (primary N) is 1. The van der Waals surface area contributed by atoms with Crippen LogP contribution in [-0.4, -0.2) is 30.7 Å². The van der Waals surface area contributed by atoms with E-state index in [0.717, 1.165) is 19.3 Å². The van der Waals surface area contributed by atoms with Crippen LogP contribution in [0.3, 0.4) is 0 Å². The summed E-state index contributed by atoms with van der Waals surface area (Å²) in [7, 11) is 0. The van der Waals surface area contributed by atoms with Crippen LogP contribution in [0.25, 0.3) is 0 Å². The van der Waals surface area contributed by atoms with Gasteiger partial charge in [0.25, 0.3) is 0 Å². The van der Waals surface area contributed by atoms with Gasteiger partial charge in [0, 0.05) is 6.04 Å². The predicted octanol–water partition coefficient (Wildman–Crippen LogP) is 1.82. The standard InChI is InChI=1S/C14H28N2O2/c1-4-10(2)16-14(17)11(3)18-13-8-6-5-7-12(13)9-15/h10-13H,4-9,15H2,1-3H3,(H,16,17). The largest absolute Gasteiger partial charge is 0.365 e. The molecule has 0 heterocycles. The lowest BCUT2D eigenvalue weighted by Gasteiger charge is -2.32. The van der Waals surface area contributed by atoms with Crippen LogP contribution in [0.5, 0.6) is 0 Å². The molecule has 0 saturated heterocycles. The Labute approximate surface area is 111 Å². The molecule has 0 aromatic carbocycles. The molecule has 4 unspecified atom stereocenters. The van der Waals surface area contributed by atoms with E-state index in [-0.39, 0.29) is 24.2 Å². The molecule has 0 aliphatic heterocycles. The minimum Gasteiger partial charge on any atom is -0.365 e. The number of carbonyl (C=O) groups is 1. The summed E-state index contributed by atoms with van der Waals surface area (Å²) in [5, 5.41) is 2.96. The Bertz CT molecular complexity index is 258. The second kappa shape index (κ2) is 7.74. The van der Waals surface area contributed by atoms with Crippen molar-refractivity contribution >= 4 is 5.91 Å². The van der Waals surface area contributed by atoms with E-state index in [9.17, 15) is 4.79 Å². The zero-order valence-corrected chi connectivity index (χ0v) is 11.9. The van der Waals surface area contributed by atoms with Crippen molar-refractivity contribution in [2.24, 2.45) is 11.7 Å². The van der Waals surface area contributed by atoms with Crippen molar-refractivity contribution in [1.29, 1.82) is 0 Å². The minimum atomic E-state index is -0.379. The molecule has 18 heavy (non-hydrogen) atoms. The lowest BCUT2D eigenvalue weighted by molar-refractivity contribution is -0.139. The topological polar surface area (TPSA) is 64.3 Å². The first-order valence-corrected chi connectivity index (χ1v) is 7.24. The van der Waals surface area contributed by atoms with E-state index in [1.165, 1.54) is 12.8 Å². The quantitative estimate of drug-likeness (QED) is 0.762. The first kappa shape index (κ1) is 15.4. The third-order valence-corrected chi connectivity index (χ3v) is 3.89. The molecule has 1 aliphatic carbocycles. The molecule has 1 fully saturated rings. The van der Waals surface area contributed by atoms with Gasteiger partial charge in [-0.15, -0.1) is 0 Å². The molecule has 1 aliphatic rings. The smallest absolute Gasteiger partial charge is 0.249 e. The van der Waals surface area contributed by atoms with Gasteiger partial charge in [0.2, 0.25) is 5.91 Å². The summed E-state index contributed by atoms with van der Waals surface area (Å²) in [5.41, 5.74) is 5.77. The second-order valence-electron chi connectivity index (χ2n) is 5.41. The molecule has 4 atom stereocenters. The van der Waals surface area contributed by atoms with E-state index in [0.29, 0.717) is 12.5 Å². The summed E-state index contributed by atoms with van der Waals surface area (Å²) >= 11 is 0. The molecule has 1 amide bonds. The molecule has 106 valence electrons. The summed E-state index contributed by atoms with van der Waals surface area (Å²) in [5.74, 6) is 0.406. The Kier molecular flexibility index (Phi) is 6.65. The van der Waals surface area contributed by atoms with Gasteiger partial charge in [-0.1, -0.05) is 19.8 Å². The lowest BCUT2D eigenvalue weighted by atomic mass is 9.86. The number of hydrogen-bond acceptors (Lipinski definition) is 3. The van der Waals surface area contributed by atoms with Gasteiger partial charge in [-0.05, 0) is 45.6 Å². The van der Waals surface area contributed by atoms with Gasteiger partial charge in [-0.25, -0.2) is 0 Å². The fraction of sp³-hybridized carbons (Fsp3) is 0.929. The first-order valence-electron chi connectivity index (χ1n) is 7.24. The van der Waals surface area contributed by atoms with Crippen LogP contribution in [0.4, 0.5) is 0 Å². The van der Waals surface area contributed by atoms with E-state index in [1.54, 1.807) is 0 Å². The molecule has 1 saturated carbocycles. The van der Waals surface area contributed by atoms with E-state index in [2.05, 4.69) is 12.2 Å². The highest BCUT2D eigenvalue weighted by atomic mass is 16.5. The highest BCUT2D eigenvalue weighted by Gasteiger charge is 2.28. The van der Waals surface area contributed by atoms with Crippen LogP contribution >= 0.6 is 0 Å². The maximum absolute atomic E-state index is 11.9. The monoisotopic (exact) mass is 256 g/mol. The summed E-state index contributed by atoms with van der Waals surface area (Å²) in [6.45, 7) is 6.56. The summed E-state index contributed by atoms with van der Waals surface area (Å²) < 4.78 is 5.91. The van der Waals surface area contributed by atoms with Crippen molar-refractivity contribution in [2.75, 3.05) is 6.54 Å². The Morgan fingerprint density at radius 2 is 2.06 bits per heavy atom. The highest BCUT2D eigenvalue weighted by Crippen LogP contribution is 2.26. The Morgan fingerprint density at radius 3 is 2.67 bits per heavy atom. The van der Waals surface area contributed by atoms with Gasteiger partial charge in [-0.2, -0.15) is 0 Å². The average molecular weight is 256 g/mol. The number of ether oxygens (including phenoxy) is 1. The Balaban J connectivity index is 2.42. The van der Waals surface area contributed by atoms with Crippen LogP contribution < -0.4 is 11.1 Å². The highest BCUT2D eigenvalue weighted by molar-refractivity contribution is 5.80. The number of amides is 1. The number of hydrogen-bond donors (Lipinski definition) is 2. The van der Waals surface area contributed by atoms with Crippen LogP contribution in [-0.2, 0) is 9.53 Å². The van der Waals surface area contributed by atoms with Crippen LogP contribution in [0.1, 0.15) is 52.9 Å². The van der Waals surface area contributed by atoms with Gasteiger partial charge in [0.05, 0.1) is 6.10 Å². The van der Waals surface area contributed by atoms with Crippen LogP contribution in [0.15, 0.2) is 0 Å². The number of carbonyl (C=O) groups excluding carboxylic acids is 1. The second-order valence-corrected chi connectivity index (χ2v) is 5.41. The Morgan fingerprint density at radius 1 is 1.39 bits per heavy atom. The van der Waals surface area contributed by atoms with E-state index < -0.39 is 0 Å². The van der Waals surface area contributed by atoms with Crippen molar-refractivity contribution in [3.63, 3.8) is 0 Å². The zero-order chi connectivity index (χ0) is 13.5. The van der Waals surface area contributed by atoms with E-state index >= 15 is 0 Å². The number of nitrogens with one attached hydrogen (secondary N) is 1. The molecule has 3 N–H and O–H groups in total. The fourth-order valence-electron chi connectivity index (χ4n) is 2.41. The van der Waals surface area contributed by atoms with Crippen molar-refractivity contribution < 1.29 is 9.53 Å². The fourth-order valence-corrected chi connectivity index (χ4v) is 2.41. The van der Waals surface area contributed by atoms with Crippen molar-refractivity contribution in [3.8, 4) is 0 Å². The molecular weight excluding hydrogens is 228 g/mol. The third kappa shape index (κ3) is 4.58. The molecule has 0 aromatic heterocycles. The van der Waals surface area contributed by atoms with Gasteiger partial charge >= 0.3 is 0 Å². The van der Waals surface area contributed by atoms with Gasteiger partial charge in [-0.3, -0.25) is 4.79 Å². The predicted molar refractivity (Wildman–Crippen MR) is 73.2 cm³/mol. The Hall–Kier alpha value is -0.610. The molecule has 4 heteroatoms. The van der Waals surface area contributed by atoms with E-state index in [1.807, 2.05) is 13.8 Å². The molecular formula is C14H28N2O2. The lowest BCUT2D eigenvalue weighted by Crippen LogP contribution is -2.43. The minimum absolute atomic E-state index is 0.00862. The van der Waals surface area contributed by atoms with E-state index in [4.69, 9.17) is 10.5 Å². The maximum atomic E-state index is 11.9. The van der Waals surface area contributed by atoms with Crippen molar-refractivity contribution in [3.05, 3.63) is 0 Å². The summed E-state index contributed by atoms with van der Waals surface area (Å²) in [6.07, 6.45) is 5.28. The van der Waals surface area contributed by atoms with Crippen LogP contribution in [0, 0.1) is 5.92 Å². The zero-order valence-electron chi connectivity index (χ0n) is 11.9. The SMILES string of the molecule is CCC(C)NC(=O)C(C)OC1CCCCC1CN. The van der Waals surface area contributed by atoms with Crippen molar-refractivity contribution in [1.82, 2.24) is 5.32 Å². The number of rotatable bonds is 6. The molecule has 0 spiro atoms. The first-order chi connectivity index (χ1) is 8.58. The maximum Gasteiger partial charge on any atom is 0.249 e. The van der Waals surface area contributed by atoms with Gasteiger partial charge in [0.1, 0.15) is 6.10 Å². The average Bonchev–Trinajstić information content (AvgIpc) is 2.39. The molecule has 1 rings (SSSR count). The molecule has 0 radical (unpaired) electrons. The van der Waals surface area contributed by atoms with Gasteiger partial charge < -0.3 is 15.8 Å². The molecule has 0 bridgehead atoms. The molecule has 4 nitrogen and oxygen atoms in total. The van der Waals surface area contributed by atoms with Crippen LogP contribution in [0.2, 0.25) is 0 Å². The van der Waals surface area contributed by atoms with Gasteiger partial charge in [0.15, 0.2) is 0 Å².